The Morgan fingerprint density at radius 3 is 2.65 bits per heavy atom. The van der Waals surface area contributed by atoms with Crippen molar-refractivity contribution in [2.24, 2.45) is 0 Å². The highest BCUT2D eigenvalue weighted by molar-refractivity contribution is 6.31. The summed E-state index contributed by atoms with van der Waals surface area (Å²) < 4.78 is 34.4. The number of aromatic nitrogens is 2. The second-order valence-electron chi connectivity index (χ2n) is 8.72. The Morgan fingerprint density at radius 1 is 1.03 bits per heavy atom. The number of nitrogens with zero attached hydrogens (tertiary/aromatic N) is 5. The molecule has 3 aromatic rings. The van der Waals surface area contributed by atoms with E-state index < -0.39 is 11.6 Å². The topological polar surface area (TPSA) is 44.7 Å². The minimum Gasteiger partial charge on any atom is -0.437 e. The molecule has 0 bridgehead atoms. The zero-order chi connectivity index (χ0) is 23.7. The van der Waals surface area contributed by atoms with Crippen molar-refractivity contribution in [3.8, 4) is 11.6 Å². The molecule has 5 rings (SSSR count). The van der Waals surface area contributed by atoms with E-state index in [1.54, 1.807) is 6.20 Å². The van der Waals surface area contributed by atoms with Crippen LogP contribution in [-0.4, -0.2) is 54.6 Å². The Hall–Kier alpha value is -2.97. The lowest BCUT2D eigenvalue weighted by Gasteiger charge is -2.34. The smallest absolute Gasteiger partial charge is 0.239 e. The maximum Gasteiger partial charge on any atom is 0.239 e. The fraction of sp³-hybridized carbons (Fsp3) is 0.360. The zero-order valence-electron chi connectivity index (χ0n) is 19.0. The van der Waals surface area contributed by atoms with Crippen molar-refractivity contribution >= 4 is 23.1 Å². The average molecular weight is 486 g/mol. The van der Waals surface area contributed by atoms with Gasteiger partial charge in [0.15, 0.2) is 5.82 Å². The van der Waals surface area contributed by atoms with Crippen molar-refractivity contribution in [3.05, 3.63) is 70.5 Å². The highest BCUT2D eigenvalue weighted by Gasteiger charge is 2.24. The second-order valence-corrected chi connectivity index (χ2v) is 9.09. The first-order chi connectivity index (χ1) is 16.5. The van der Waals surface area contributed by atoms with Gasteiger partial charge in [-0.1, -0.05) is 17.7 Å². The van der Waals surface area contributed by atoms with Gasteiger partial charge in [-0.2, -0.15) is 4.98 Å². The maximum absolute atomic E-state index is 14.4. The van der Waals surface area contributed by atoms with Crippen LogP contribution in [0.25, 0.3) is 0 Å². The van der Waals surface area contributed by atoms with Crippen molar-refractivity contribution in [1.29, 1.82) is 0 Å². The predicted molar refractivity (Wildman–Crippen MR) is 129 cm³/mol. The van der Waals surface area contributed by atoms with E-state index in [9.17, 15) is 8.78 Å². The Balaban J connectivity index is 1.37. The number of piperazine rings is 1. The fourth-order valence-electron chi connectivity index (χ4n) is 4.40. The first kappa shape index (κ1) is 22.8. The minimum atomic E-state index is -0.640. The van der Waals surface area contributed by atoms with E-state index >= 15 is 0 Å². The zero-order valence-corrected chi connectivity index (χ0v) is 19.7. The number of halogens is 3. The molecule has 1 fully saturated rings. The molecule has 0 spiro atoms. The third-order valence-corrected chi connectivity index (χ3v) is 6.75. The molecule has 178 valence electrons. The third kappa shape index (κ3) is 4.79. The Labute approximate surface area is 202 Å². The lowest BCUT2D eigenvalue weighted by atomic mass is 10.1. The number of aryl methyl sites for hydroxylation is 1. The van der Waals surface area contributed by atoms with Crippen LogP contribution in [0.1, 0.15) is 17.7 Å². The van der Waals surface area contributed by atoms with Crippen LogP contribution < -0.4 is 14.5 Å². The molecule has 0 aliphatic carbocycles. The largest absolute Gasteiger partial charge is 0.437 e. The molecule has 1 saturated heterocycles. The van der Waals surface area contributed by atoms with E-state index in [2.05, 4.69) is 32.9 Å². The van der Waals surface area contributed by atoms with Gasteiger partial charge in [-0.05, 0) is 44.2 Å². The molecule has 0 saturated carbocycles. The summed E-state index contributed by atoms with van der Waals surface area (Å²) >= 11 is 6.06. The summed E-state index contributed by atoms with van der Waals surface area (Å²) in [7, 11) is 2.13. The summed E-state index contributed by atoms with van der Waals surface area (Å²) in [6.07, 6.45) is 3.21. The van der Waals surface area contributed by atoms with Gasteiger partial charge in [-0.15, -0.1) is 0 Å². The summed E-state index contributed by atoms with van der Waals surface area (Å²) in [5, 5.41) is -0.201. The number of anilines is 2. The summed E-state index contributed by atoms with van der Waals surface area (Å²) in [6.45, 7) is 4.71. The van der Waals surface area contributed by atoms with E-state index in [1.807, 2.05) is 23.1 Å². The SMILES string of the molecule is CN1CCN(c2cccc(Oc3cnc4c(n3)N(Cc3c(F)ccc(F)c3Cl)CCC4)c2)CC1. The van der Waals surface area contributed by atoms with Gasteiger partial charge in [0, 0.05) is 56.6 Å². The highest BCUT2D eigenvalue weighted by atomic mass is 35.5. The fourth-order valence-corrected chi connectivity index (χ4v) is 4.61. The van der Waals surface area contributed by atoms with Gasteiger partial charge in [0.2, 0.25) is 5.88 Å². The number of ether oxygens (including phenoxy) is 1. The van der Waals surface area contributed by atoms with Crippen LogP contribution in [0.5, 0.6) is 11.6 Å². The van der Waals surface area contributed by atoms with E-state index in [1.165, 1.54) is 0 Å². The molecule has 34 heavy (non-hydrogen) atoms. The van der Waals surface area contributed by atoms with Crippen molar-refractivity contribution in [2.75, 3.05) is 49.6 Å². The second kappa shape index (κ2) is 9.72. The van der Waals surface area contributed by atoms with Gasteiger partial charge >= 0.3 is 0 Å². The molecule has 1 aromatic heterocycles. The van der Waals surface area contributed by atoms with Gasteiger partial charge in [0.1, 0.15) is 17.4 Å². The normalized spacial score (nSPS) is 16.5. The number of fused-ring (bicyclic) bond motifs is 1. The van der Waals surface area contributed by atoms with Crippen LogP contribution >= 0.6 is 11.6 Å². The van der Waals surface area contributed by atoms with Gasteiger partial charge in [-0.25, -0.2) is 8.78 Å². The lowest BCUT2D eigenvalue weighted by Crippen LogP contribution is -2.44. The van der Waals surface area contributed by atoms with Crippen LogP contribution in [0.4, 0.5) is 20.3 Å². The number of likely N-dealkylation sites (N-methyl/N-ethyl adjacent to an activating group) is 1. The molecule has 6 nitrogen and oxygen atoms in total. The highest BCUT2D eigenvalue weighted by Crippen LogP contribution is 2.32. The van der Waals surface area contributed by atoms with Crippen LogP contribution in [0.3, 0.4) is 0 Å². The van der Waals surface area contributed by atoms with Gasteiger partial charge in [0.05, 0.1) is 16.9 Å². The van der Waals surface area contributed by atoms with Crippen LogP contribution in [0.2, 0.25) is 5.02 Å². The van der Waals surface area contributed by atoms with Gasteiger partial charge in [-0.3, -0.25) is 4.98 Å². The third-order valence-electron chi connectivity index (χ3n) is 6.34. The predicted octanol–water partition coefficient (Wildman–Crippen LogP) is 4.91. The van der Waals surface area contributed by atoms with Crippen molar-refractivity contribution in [1.82, 2.24) is 14.9 Å². The molecule has 2 aromatic carbocycles. The summed E-state index contributed by atoms with van der Waals surface area (Å²) in [4.78, 5) is 15.8. The standard InChI is InChI=1S/C25H26ClF2N5O/c1-31-10-12-32(13-11-31)17-4-2-5-18(14-17)34-23-15-29-22-6-3-9-33(25(22)30-23)16-19-20(27)7-8-21(28)24(19)26/h2,4-5,7-8,14-15H,3,6,9-13,16H2,1H3. The van der Waals surface area contributed by atoms with E-state index in [0.29, 0.717) is 24.0 Å². The van der Waals surface area contributed by atoms with Crippen LogP contribution in [-0.2, 0) is 13.0 Å². The maximum atomic E-state index is 14.4. The minimum absolute atomic E-state index is 0.104. The number of hydrogen-bond donors (Lipinski definition) is 0. The molecule has 0 atom stereocenters. The number of benzene rings is 2. The molecule has 0 amide bonds. The molecule has 9 heteroatoms. The Kier molecular flexibility index (Phi) is 6.52. The first-order valence-electron chi connectivity index (χ1n) is 11.4. The summed E-state index contributed by atoms with van der Waals surface area (Å²) in [6, 6.07) is 10.1. The Morgan fingerprint density at radius 2 is 1.82 bits per heavy atom. The monoisotopic (exact) mass is 485 g/mol. The molecule has 2 aliphatic heterocycles. The number of rotatable bonds is 5. The first-order valence-corrected chi connectivity index (χ1v) is 11.8. The van der Waals surface area contributed by atoms with Crippen LogP contribution in [0, 0.1) is 11.6 Å². The Bertz CT molecular complexity index is 1190. The van der Waals surface area contributed by atoms with E-state index in [0.717, 1.165) is 62.5 Å². The lowest BCUT2D eigenvalue weighted by molar-refractivity contribution is 0.312. The summed E-state index contributed by atoms with van der Waals surface area (Å²) in [5.74, 6) is 0.455. The molecule has 0 radical (unpaired) electrons. The van der Waals surface area contributed by atoms with Crippen molar-refractivity contribution < 1.29 is 13.5 Å². The summed E-state index contributed by atoms with van der Waals surface area (Å²) in [5.41, 5.74) is 2.02. The molecule has 0 unspecified atom stereocenters. The van der Waals surface area contributed by atoms with Crippen molar-refractivity contribution in [3.63, 3.8) is 0 Å². The average Bonchev–Trinajstić information content (AvgIpc) is 2.85. The van der Waals surface area contributed by atoms with Gasteiger partial charge < -0.3 is 19.4 Å². The van der Waals surface area contributed by atoms with E-state index in [-0.39, 0.29) is 17.1 Å². The molecule has 2 aliphatic rings. The molecular weight excluding hydrogens is 460 g/mol. The molecular formula is C25H26ClF2N5O. The quantitative estimate of drug-likeness (QED) is 0.479. The van der Waals surface area contributed by atoms with Crippen LogP contribution in [0.15, 0.2) is 42.6 Å². The van der Waals surface area contributed by atoms with Crippen molar-refractivity contribution in [2.45, 2.75) is 19.4 Å². The van der Waals surface area contributed by atoms with Gasteiger partial charge in [0.25, 0.3) is 0 Å². The number of hydrogen-bond acceptors (Lipinski definition) is 6. The molecule has 0 N–H and O–H groups in total. The molecule has 3 heterocycles. The van der Waals surface area contributed by atoms with E-state index in [4.69, 9.17) is 16.3 Å².